The van der Waals surface area contributed by atoms with Crippen LogP contribution in [-0.4, -0.2) is 19.8 Å². The highest BCUT2D eigenvalue weighted by molar-refractivity contribution is 6.36. The number of rotatable bonds is 3. The Hall–Kier alpha value is -1.13. The Morgan fingerprint density at radius 1 is 1.44 bits per heavy atom. The molecule has 0 saturated carbocycles. The average Bonchev–Trinajstić information content (AvgIpc) is 2.17. The minimum absolute atomic E-state index is 0.280. The number of ether oxygens (including phenoxy) is 2. The maximum atomic E-state index is 11.2. The average molecular weight is 264 g/mol. The first-order chi connectivity index (χ1) is 7.58. The molecular weight excluding hydrogens is 253 g/mol. The van der Waals surface area contributed by atoms with E-state index < -0.39 is 6.09 Å². The Bertz CT molecular complexity index is 396. The Morgan fingerprint density at radius 2 is 2.12 bits per heavy atom. The molecule has 0 spiro atoms. The van der Waals surface area contributed by atoms with Crippen LogP contribution in [0, 0.1) is 0 Å². The molecule has 0 saturated heterocycles. The van der Waals surface area contributed by atoms with E-state index in [2.05, 4.69) is 5.32 Å². The van der Waals surface area contributed by atoms with Crippen LogP contribution in [-0.2, 0) is 4.74 Å². The van der Waals surface area contributed by atoms with Gasteiger partial charge < -0.3 is 9.47 Å². The molecule has 1 N–H and O–H groups in total. The fourth-order valence-corrected chi connectivity index (χ4v) is 1.71. The van der Waals surface area contributed by atoms with Gasteiger partial charge >= 0.3 is 6.09 Å². The number of hydrogen-bond donors (Lipinski definition) is 1. The van der Waals surface area contributed by atoms with Crippen molar-refractivity contribution in [2.45, 2.75) is 6.92 Å². The standard InChI is InChI=1S/C10H11Cl2NO3/c1-3-16-10(14)13-8-5-6(11)4-7(12)9(8)15-2/h4-5H,3H2,1-2H3,(H,13,14). The number of methoxy groups -OCH3 is 1. The smallest absolute Gasteiger partial charge is 0.411 e. The molecule has 0 radical (unpaired) electrons. The number of carbonyl (C=O) groups excluding carboxylic acids is 1. The molecule has 0 unspecified atom stereocenters. The summed E-state index contributed by atoms with van der Waals surface area (Å²) < 4.78 is 9.78. The second-order valence-corrected chi connectivity index (χ2v) is 3.66. The number of nitrogens with one attached hydrogen (secondary N) is 1. The van der Waals surface area contributed by atoms with E-state index in [0.717, 1.165) is 0 Å². The highest BCUT2D eigenvalue weighted by atomic mass is 35.5. The Morgan fingerprint density at radius 3 is 2.69 bits per heavy atom. The quantitative estimate of drug-likeness (QED) is 0.907. The van der Waals surface area contributed by atoms with Crippen LogP contribution in [0.2, 0.25) is 10.0 Å². The monoisotopic (exact) mass is 263 g/mol. The van der Waals surface area contributed by atoms with Gasteiger partial charge in [0.1, 0.15) is 0 Å². The van der Waals surface area contributed by atoms with Crippen molar-refractivity contribution in [1.29, 1.82) is 0 Å². The van der Waals surface area contributed by atoms with Crippen LogP contribution in [0.3, 0.4) is 0 Å². The van der Waals surface area contributed by atoms with Gasteiger partial charge in [-0.15, -0.1) is 0 Å². The minimum atomic E-state index is -0.584. The first kappa shape index (κ1) is 12.9. The zero-order chi connectivity index (χ0) is 12.1. The number of carbonyl (C=O) groups is 1. The van der Waals surface area contributed by atoms with Crippen LogP contribution in [0.1, 0.15) is 6.92 Å². The van der Waals surface area contributed by atoms with E-state index in [0.29, 0.717) is 21.5 Å². The van der Waals surface area contributed by atoms with Gasteiger partial charge in [-0.25, -0.2) is 4.79 Å². The summed E-state index contributed by atoms with van der Waals surface area (Å²) in [7, 11) is 1.45. The first-order valence-corrected chi connectivity index (χ1v) is 5.30. The van der Waals surface area contributed by atoms with Crippen molar-refractivity contribution >= 4 is 35.0 Å². The van der Waals surface area contributed by atoms with Gasteiger partial charge in [-0.3, -0.25) is 5.32 Å². The molecule has 0 aliphatic rings. The van der Waals surface area contributed by atoms with Gasteiger partial charge in [-0.1, -0.05) is 23.2 Å². The number of halogens is 2. The maximum absolute atomic E-state index is 11.2. The molecule has 1 rings (SSSR count). The lowest BCUT2D eigenvalue weighted by Gasteiger charge is -2.11. The fourth-order valence-electron chi connectivity index (χ4n) is 1.14. The van der Waals surface area contributed by atoms with Gasteiger partial charge in [-0.2, -0.15) is 0 Å². The Kier molecular flexibility index (Phi) is 4.71. The van der Waals surface area contributed by atoms with E-state index in [9.17, 15) is 4.79 Å². The Balaban J connectivity index is 2.97. The summed E-state index contributed by atoms with van der Waals surface area (Å²) in [5.74, 6) is 0.346. The van der Waals surface area contributed by atoms with E-state index in [1.165, 1.54) is 19.2 Å². The summed E-state index contributed by atoms with van der Waals surface area (Å²) in [6, 6.07) is 3.06. The van der Waals surface area contributed by atoms with Crippen LogP contribution in [0.5, 0.6) is 5.75 Å². The molecule has 0 aliphatic heterocycles. The van der Waals surface area contributed by atoms with Crippen molar-refractivity contribution in [2.24, 2.45) is 0 Å². The minimum Gasteiger partial charge on any atom is -0.493 e. The summed E-state index contributed by atoms with van der Waals surface area (Å²) in [4.78, 5) is 11.2. The third-order valence-corrected chi connectivity index (χ3v) is 2.22. The van der Waals surface area contributed by atoms with E-state index in [-0.39, 0.29) is 6.61 Å². The van der Waals surface area contributed by atoms with Crippen molar-refractivity contribution in [1.82, 2.24) is 0 Å². The van der Waals surface area contributed by atoms with Gasteiger partial charge in [0.15, 0.2) is 5.75 Å². The molecule has 1 aromatic rings. The van der Waals surface area contributed by atoms with E-state index in [4.69, 9.17) is 32.7 Å². The molecular formula is C10H11Cl2NO3. The predicted molar refractivity (Wildman–Crippen MR) is 63.7 cm³/mol. The fraction of sp³-hybridized carbons (Fsp3) is 0.300. The number of benzene rings is 1. The normalized spacial score (nSPS) is 9.75. The molecule has 0 aliphatic carbocycles. The first-order valence-electron chi connectivity index (χ1n) is 4.55. The van der Waals surface area contributed by atoms with Gasteiger partial charge in [0.2, 0.25) is 0 Å². The van der Waals surface area contributed by atoms with Crippen molar-refractivity contribution in [3.63, 3.8) is 0 Å². The topological polar surface area (TPSA) is 47.6 Å². The van der Waals surface area contributed by atoms with Crippen molar-refractivity contribution in [2.75, 3.05) is 19.0 Å². The molecule has 1 amide bonds. The Labute approximate surface area is 103 Å². The van der Waals surface area contributed by atoms with Crippen molar-refractivity contribution in [3.8, 4) is 5.75 Å². The van der Waals surface area contributed by atoms with Crippen molar-refractivity contribution < 1.29 is 14.3 Å². The lowest BCUT2D eigenvalue weighted by molar-refractivity contribution is 0.168. The van der Waals surface area contributed by atoms with Gasteiger partial charge in [0, 0.05) is 5.02 Å². The van der Waals surface area contributed by atoms with E-state index in [1.807, 2.05) is 0 Å². The molecule has 1 aromatic carbocycles. The SMILES string of the molecule is CCOC(=O)Nc1cc(Cl)cc(Cl)c1OC. The number of anilines is 1. The molecule has 88 valence electrons. The van der Waals surface area contributed by atoms with Crippen LogP contribution in [0.4, 0.5) is 10.5 Å². The number of hydrogen-bond acceptors (Lipinski definition) is 3. The van der Waals surface area contributed by atoms with Gasteiger partial charge in [0.05, 0.1) is 24.4 Å². The summed E-state index contributed by atoms with van der Waals surface area (Å²) in [5.41, 5.74) is 0.374. The largest absolute Gasteiger partial charge is 0.493 e. The maximum Gasteiger partial charge on any atom is 0.411 e. The molecule has 0 bridgehead atoms. The third kappa shape index (κ3) is 3.18. The highest BCUT2D eigenvalue weighted by Gasteiger charge is 2.12. The second-order valence-electron chi connectivity index (χ2n) is 2.81. The summed E-state index contributed by atoms with van der Waals surface area (Å²) in [6.45, 7) is 1.99. The molecule has 16 heavy (non-hydrogen) atoms. The van der Waals surface area contributed by atoms with Gasteiger partial charge in [0.25, 0.3) is 0 Å². The third-order valence-electron chi connectivity index (χ3n) is 1.72. The second kappa shape index (κ2) is 5.82. The lowest BCUT2D eigenvalue weighted by Crippen LogP contribution is -2.14. The highest BCUT2D eigenvalue weighted by Crippen LogP contribution is 2.35. The zero-order valence-electron chi connectivity index (χ0n) is 8.84. The van der Waals surface area contributed by atoms with Crippen LogP contribution < -0.4 is 10.1 Å². The molecule has 0 aromatic heterocycles. The van der Waals surface area contributed by atoms with E-state index in [1.54, 1.807) is 6.92 Å². The lowest BCUT2D eigenvalue weighted by atomic mass is 10.3. The predicted octanol–water partition coefficient (Wildman–Crippen LogP) is 3.57. The molecule has 0 atom stereocenters. The van der Waals surface area contributed by atoms with Crippen molar-refractivity contribution in [3.05, 3.63) is 22.2 Å². The number of amides is 1. The zero-order valence-corrected chi connectivity index (χ0v) is 10.4. The summed E-state index contributed by atoms with van der Waals surface area (Å²) in [6.07, 6.45) is -0.584. The van der Waals surface area contributed by atoms with Gasteiger partial charge in [-0.05, 0) is 19.1 Å². The van der Waals surface area contributed by atoms with Crippen LogP contribution in [0.25, 0.3) is 0 Å². The molecule has 4 nitrogen and oxygen atoms in total. The van der Waals surface area contributed by atoms with E-state index >= 15 is 0 Å². The molecule has 0 fully saturated rings. The molecule has 0 heterocycles. The summed E-state index contributed by atoms with van der Waals surface area (Å²) >= 11 is 11.7. The van der Waals surface area contributed by atoms with Crippen LogP contribution in [0.15, 0.2) is 12.1 Å². The van der Waals surface area contributed by atoms with Crippen LogP contribution >= 0.6 is 23.2 Å². The summed E-state index contributed by atoms with van der Waals surface area (Å²) in [5, 5.41) is 3.21. The molecule has 6 heteroatoms.